The normalized spacial score (nSPS) is 12.2. The van der Waals surface area contributed by atoms with Crippen molar-refractivity contribution >= 4 is 5.69 Å². The molecule has 2 N–H and O–H groups in total. The van der Waals surface area contributed by atoms with E-state index in [9.17, 15) is 13.9 Å². The van der Waals surface area contributed by atoms with Crippen LogP contribution in [0.5, 0.6) is 5.75 Å². The van der Waals surface area contributed by atoms with Crippen molar-refractivity contribution in [3.8, 4) is 5.75 Å². The van der Waals surface area contributed by atoms with E-state index >= 15 is 0 Å². The van der Waals surface area contributed by atoms with Crippen molar-refractivity contribution in [1.29, 1.82) is 0 Å². The first-order valence-electron chi connectivity index (χ1n) is 5.98. The number of nitrogens with one attached hydrogen (secondary N) is 1. The van der Waals surface area contributed by atoms with Crippen molar-refractivity contribution in [2.75, 3.05) is 5.32 Å². The van der Waals surface area contributed by atoms with Crippen molar-refractivity contribution in [3.63, 3.8) is 0 Å². The lowest BCUT2D eigenvalue weighted by Gasteiger charge is -2.17. The first-order valence-corrected chi connectivity index (χ1v) is 5.98. The topological polar surface area (TPSA) is 32.3 Å². The predicted octanol–water partition coefficient (Wildman–Crippen LogP) is 4.15. The molecule has 100 valence electrons. The van der Waals surface area contributed by atoms with Crippen LogP contribution >= 0.6 is 0 Å². The van der Waals surface area contributed by atoms with E-state index in [1.807, 2.05) is 26.0 Å². The van der Waals surface area contributed by atoms with E-state index in [-0.39, 0.29) is 11.8 Å². The van der Waals surface area contributed by atoms with E-state index in [2.05, 4.69) is 5.32 Å². The fourth-order valence-electron chi connectivity index (χ4n) is 1.93. The minimum Gasteiger partial charge on any atom is -0.508 e. The Balaban J connectivity index is 2.22. The first-order chi connectivity index (χ1) is 8.97. The fraction of sp³-hybridized carbons (Fsp3) is 0.200. The summed E-state index contributed by atoms with van der Waals surface area (Å²) in [6, 6.07) is 8.69. The molecule has 0 saturated carbocycles. The number of anilines is 1. The van der Waals surface area contributed by atoms with Crippen LogP contribution in [0.25, 0.3) is 0 Å². The number of aryl methyl sites for hydroxylation is 1. The molecule has 2 aromatic carbocycles. The molecular formula is C15H15F2NO. The molecule has 0 aromatic heterocycles. The average Bonchev–Trinajstić information content (AvgIpc) is 2.36. The van der Waals surface area contributed by atoms with E-state index in [1.165, 1.54) is 6.07 Å². The highest BCUT2D eigenvalue weighted by molar-refractivity contribution is 5.48. The third kappa shape index (κ3) is 3.02. The van der Waals surface area contributed by atoms with E-state index in [0.29, 0.717) is 11.3 Å². The van der Waals surface area contributed by atoms with E-state index in [1.54, 1.807) is 6.07 Å². The molecule has 0 aliphatic heterocycles. The summed E-state index contributed by atoms with van der Waals surface area (Å²) in [5.41, 5.74) is 2.20. The second kappa shape index (κ2) is 5.26. The van der Waals surface area contributed by atoms with Crippen LogP contribution < -0.4 is 5.32 Å². The Morgan fingerprint density at radius 1 is 1.05 bits per heavy atom. The molecule has 2 nitrogen and oxygen atoms in total. The zero-order valence-corrected chi connectivity index (χ0v) is 10.7. The second-order valence-electron chi connectivity index (χ2n) is 4.56. The van der Waals surface area contributed by atoms with Crippen LogP contribution in [0.4, 0.5) is 14.5 Å². The smallest absolute Gasteiger partial charge is 0.160 e. The van der Waals surface area contributed by atoms with Crippen molar-refractivity contribution in [1.82, 2.24) is 0 Å². The molecule has 0 aliphatic rings. The molecular weight excluding hydrogens is 248 g/mol. The lowest BCUT2D eigenvalue weighted by Crippen LogP contribution is -2.07. The number of halogens is 2. The maximum Gasteiger partial charge on any atom is 0.160 e. The largest absolute Gasteiger partial charge is 0.508 e. The second-order valence-corrected chi connectivity index (χ2v) is 4.56. The molecule has 0 radical (unpaired) electrons. The summed E-state index contributed by atoms with van der Waals surface area (Å²) in [4.78, 5) is 0. The third-order valence-electron chi connectivity index (χ3n) is 2.95. The Labute approximate surface area is 110 Å². The number of hydrogen-bond acceptors (Lipinski definition) is 2. The van der Waals surface area contributed by atoms with Gasteiger partial charge in [-0.05, 0) is 32.0 Å². The Hall–Kier alpha value is -2.10. The molecule has 0 spiro atoms. The molecule has 0 amide bonds. The summed E-state index contributed by atoms with van der Waals surface area (Å²) in [6.07, 6.45) is 0. The molecule has 2 rings (SSSR count). The van der Waals surface area contributed by atoms with Crippen LogP contribution in [0.3, 0.4) is 0 Å². The van der Waals surface area contributed by atoms with E-state index < -0.39 is 11.6 Å². The summed E-state index contributed by atoms with van der Waals surface area (Å²) < 4.78 is 25.9. The highest BCUT2D eigenvalue weighted by Crippen LogP contribution is 2.28. The molecule has 1 unspecified atom stereocenters. The summed E-state index contributed by atoms with van der Waals surface area (Å²) in [5.74, 6) is -1.60. The molecule has 1 atom stereocenters. The first kappa shape index (κ1) is 13.3. The van der Waals surface area contributed by atoms with Crippen molar-refractivity contribution in [2.24, 2.45) is 0 Å². The summed E-state index contributed by atoms with van der Waals surface area (Å²) >= 11 is 0. The molecule has 0 fully saturated rings. The molecule has 2 aromatic rings. The SMILES string of the molecule is Cc1ccc(O)c(C(C)Nc2ccc(F)c(F)c2)c1. The minimum absolute atomic E-state index is 0.174. The summed E-state index contributed by atoms with van der Waals surface area (Å²) in [7, 11) is 0. The number of hydrogen-bond donors (Lipinski definition) is 2. The van der Waals surface area contributed by atoms with Gasteiger partial charge in [0.15, 0.2) is 11.6 Å². The molecule has 19 heavy (non-hydrogen) atoms. The molecule has 0 heterocycles. The monoisotopic (exact) mass is 263 g/mol. The van der Waals surface area contributed by atoms with Gasteiger partial charge in [0.1, 0.15) is 5.75 Å². The van der Waals surface area contributed by atoms with Gasteiger partial charge in [-0.3, -0.25) is 0 Å². The lowest BCUT2D eigenvalue weighted by atomic mass is 10.0. The van der Waals surface area contributed by atoms with Crippen LogP contribution in [0.2, 0.25) is 0 Å². The zero-order chi connectivity index (χ0) is 14.0. The summed E-state index contributed by atoms with van der Waals surface area (Å²) in [5, 5.41) is 12.8. The van der Waals surface area contributed by atoms with E-state index in [4.69, 9.17) is 0 Å². The number of phenols is 1. The third-order valence-corrected chi connectivity index (χ3v) is 2.95. The Kier molecular flexibility index (Phi) is 3.69. The highest BCUT2D eigenvalue weighted by Gasteiger charge is 2.11. The number of aromatic hydroxyl groups is 1. The van der Waals surface area contributed by atoms with Crippen molar-refractivity contribution in [2.45, 2.75) is 19.9 Å². The van der Waals surface area contributed by atoms with Crippen molar-refractivity contribution < 1.29 is 13.9 Å². The highest BCUT2D eigenvalue weighted by atomic mass is 19.2. The Morgan fingerprint density at radius 3 is 2.47 bits per heavy atom. The van der Waals surface area contributed by atoms with Crippen LogP contribution in [-0.4, -0.2) is 5.11 Å². The van der Waals surface area contributed by atoms with Gasteiger partial charge in [-0.25, -0.2) is 8.78 Å². The Bertz CT molecular complexity index is 599. The molecule has 0 aliphatic carbocycles. The maximum atomic E-state index is 13.1. The molecule has 0 bridgehead atoms. The number of benzene rings is 2. The van der Waals surface area contributed by atoms with Crippen LogP contribution in [0.15, 0.2) is 36.4 Å². The van der Waals surface area contributed by atoms with Crippen molar-refractivity contribution in [3.05, 3.63) is 59.2 Å². The van der Waals surface area contributed by atoms with Gasteiger partial charge in [-0.2, -0.15) is 0 Å². The van der Waals surface area contributed by atoms with Crippen LogP contribution in [-0.2, 0) is 0 Å². The summed E-state index contributed by atoms with van der Waals surface area (Å²) in [6.45, 7) is 3.77. The maximum absolute atomic E-state index is 13.1. The standard InChI is InChI=1S/C15H15F2NO/c1-9-3-6-15(19)12(7-9)10(2)18-11-4-5-13(16)14(17)8-11/h3-8,10,18-19H,1-2H3. The lowest BCUT2D eigenvalue weighted by molar-refractivity contribution is 0.465. The van der Waals surface area contributed by atoms with E-state index in [0.717, 1.165) is 17.7 Å². The quantitative estimate of drug-likeness (QED) is 0.871. The van der Waals surface area contributed by atoms with Gasteiger partial charge in [0.05, 0.1) is 6.04 Å². The Morgan fingerprint density at radius 2 is 1.79 bits per heavy atom. The molecule has 0 saturated heterocycles. The average molecular weight is 263 g/mol. The number of rotatable bonds is 3. The van der Waals surface area contributed by atoms with Gasteiger partial charge in [-0.1, -0.05) is 17.7 Å². The molecule has 4 heteroatoms. The zero-order valence-electron chi connectivity index (χ0n) is 10.7. The van der Waals surface area contributed by atoms with Crippen LogP contribution in [0, 0.1) is 18.6 Å². The predicted molar refractivity (Wildman–Crippen MR) is 71.2 cm³/mol. The van der Waals surface area contributed by atoms with Gasteiger partial charge in [0.2, 0.25) is 0 Å². The minimum atomic E-state index is -0.898. The van der Waals surface area contributed by atoms with Crippen LogP contribution in [0.1, 0.15) is 24.1 Å². The fourth-order valence-corrected chi connectivity index (χ4v) is 1.93. The number of phenolic OH excluding ortho intramolecular Hbond substituents is 1. The van der Waals surface area contributed by atoms with Gasteiger partial charge >= 0.3 is 0 Å². The van der Waals surface area contributed by atoms with Gasteiger partial charge in [-0.15, -0.1) is 0 Å². The van der Waals surface area contributed by atoms with Gasteiger partial charge in [0.25, 0.3) is 0 Å². The van der Waals surface area contributed by atoms with Gasteiger partial charge < -0.3 is 10.4 Å². The van der Waals surface area contributed by atoms with Gasteiger partial charge in [0, 0.05) is 17.3 Å².